The van der Waals surface area contributed by atoms with Crippen LogP contribution in [0.4, 0.5) is 0 Å². The number of ketones is 2. The Morgan fingerprint density at radius 3 is 1.62 bits per heavy atom. The molecule has 9 nitrogen and oxygen atoms in total. The van der Waals surface area contributed by atoms with E-state index in [9.17, 15) is 19.2 Å². The van der Waals surface area contributed by atoms with Crippen LogP contribution in [0.25, 0.3) is 0 Å². The molecule has 1 amide bonds. The summed E-state index contributed by atoms with van der Waals surface area (Å²) in [5, 5.41) is 2.20. The van der Waals surface area contributed by atoms with Crippen molar-refractivity contribution in [1.29, 1.82) is 0 Å². The summed E-state index contributed by atoms with van der Waals surface area (Å²) in [7, 11) is 3.11. The number of hydrogen-bond acceptors (Lipinski definition) is 8. The molecule has 0 unspecified atom stereocenters. The number of benzene rings is 2. The van der Waals surface area contributed by atoms with Gasteiger partial charge < -0.3 is 25.3 Å². The molecule has 0 aliphatic rings. The molecule has 0 aliphatic carbocycles. The first-order valence-corrected chi connectivity index (χ1v) is 9.35. The monoisotopic (exact) mass is 466 g/mol. The van der Waals surface area contributed by atoms with Crippen LogP contribution >= 0.6 is 12.4 Å². The number of methoxy groups -OCH3 is 2. The van der Waals surface area contributed by atoms with Crippen LogP contribution in [0.2, 0.25) is 0 Å². The lowest BCUT2D eigenvalue weighted by Gasteiger charge is -2.05. The number of esters is 1. The summed E-state index contributed by atoms with van der Waals surface area (Å²) in [6.07, 6.45) is 0. The molecule has 2 aromatic carbocycles. The highest BCUT2D eigenvalue weighted by Gasteiger charge is 2.16. The summed E-state index contributed by atoms with van der Waals surface area (Å²) in [6, 6.07) is 13.3. The Morgan fingerprint density at radius 1 is 0.812 bits per heavy atom. The molecule has 0 saturated heterocycles. The van der Waals surface area contributed by atoms with Crippen molar-refractivity contribution in [2.45, 2.75) is 6.92 Å². The minimum atomic E-state index is -0.995. The molecule has 0 saturated carbocycles. The van der Waals surface area contributed by atoms with Crippen LogP contribution in [0, 0.1) is 0 Å². The second-order valence-corrected chi connectivity index (χ2v) is 5.91. The zero-order chi connectivity index (χ0) is 23.2. The molecule has 0 heterocycles. The third-order valence-corrected chi connectivity index (χ3v) is 3.88. The number of nitrogens with two attached hydrogens (primary N) is 1. The summed E-state index contributed by atoms with van der Waals surface area (Å²) in [5.74, 6) is -0.914. The molecule has 0 spiro atoms. The van der Waals surface area contributed by atoms with E-state index < -0.39 is 11.9 Å². The molecule has 3 N–H and O–H groups in total. The predicted octanol–water partition coefficient (Wildman–Crippen LogP) is 1.82. The maximum absolute atomic E-state index is 11.7. The number of hydrogen-bond donors (Lipinski definition) is 2. The molecule has 0 atom stereocenters. The Morgan fingerprint density at radius 2 is 1.25 bits per heavy atom. The molecular weight excluding hydrogens is 440 g/mol. The van der Waals surface area contributed by atoms with Gasteiger partial charge in [-0.15, -0.1) is 12.4 Å². The predicted molar refractivity (Wildman–Crippen MR) is 121 cm³/mol. The standard InChI is InChI=1S/C13H15NO5.C9H11NO2.ClH/c1-3-19-13(17)12(16)14-8-11(15)9-4-6-10(18-2)7-5-9;1-12-8-4-2-7(3-5-8)9(11)6-10;/h4-7H,3,8H2,1-2H3,(H,14,16);2-5H,6,10H2,1H3;1H. The molecule has 2 aromatic rings. The highest BCUT2D eigenvalue weighted by Crippen LogP contribution is 2.12. The fourth-order valence-electron chi connectivity index (χ4n) is 2.20. The van der Waals surface area contributed by atoms with Crippen molar-refractivity contribution in [1.82, 2.24) is 5.32 Å². The molecule has 174 valence electrons. The van der Waals surface area contributed by atoms with Gasteiger partial charge in [0.05, 0.1) is 33.9 Å². The van der Waals surface area contributed by atoms with Gasteiger partial charge >= 0.3 is 11.9 Å². The van der Waals surface area contributed by atoms with Crippen molar-refractivity contribution in [2.75, 3.05) is 33.9 Å². The van der Waals surface area contributed by atoms with Crippen LogP contribution in [-0.2, 0) is 14.3 Å². The van der Waals surface area contributed by atoms with Crippen molar-refractivity contribution in [3.63, 3.8) is 0 Å². The second kappa shape index (κ2) is 15.4. The number of halogens is 1. The van der Waals surface area contributed by atoms with Crippen LogP contribution in [0.1, 0.15) is 27.6 Å². The molecule has 0 radical (unpaired) electrons. The van der Waals surface area contributed by atoms with Gasteiger partial charge in [-0.1, -0.05) is 0 Å². The van der Waals surface area contributed by atoms with E-state index in [1.807, 2.05) is 0 Å². The maximum Gasteiger partial charge on any atom is 0.396 e. The lowest BCUT2D eigenvalue weighted by molar-refractivity contribution is -0.154. The lowest BCUT2D eigenvalue weighted by Crippen LogP contribution is -2.36. The molecule has 32 heavy (non-hydrogen) atoms. The van der Waals surface area contributed by atoms with Gasteiger partial charge in [-0.3, -0.25) is 14.4 Å². The summed E-state index contributed by atoms with van der Waals surface area (Å²) >= 11 is 0. The first kappa shape index (κ1) is 28.6. The minimum Gasteiger partial charge on any atom is -0.497 e. The average Bonchev–Trinajstić information content (AvgIpc) is 2.82. The van der Waals surface area contributed by atoms with Gasteiger partial charge in [0.15, 0.2) is 11.6 Å². The topological polar surface area (TPSA) is 134 Å². The van der Waals surface area contributed by atoms with E-state index in [4.69, 9.17) is 15.2 Å². The Bertz CT molecular complexity index is 884. The molecule has 0 aromatic heterocycles. The van der Waals surface area contributed by atoms with E-state index in [0.29, 0.717) is 16.9 Å². The zero-order valence-corrected chi connectivity index (χ0v) is 18.9. The first-order chi connectivity index (χ1) is 14.9. The fourth-order valence-corrected chi connectivity index (χ4v) is 2.20. The van der Waals surface area contributed by atoms with Gasteiger partial charge in [-0.05, 0) is 55.5 Å². The van der Waals surface area contributed by atoms with Gasteiger partial charge in [0, 0.05) is 11.1 Å². The van der Waals surface area contributed by atoms with Crippen LogP contribution in [0.15, 0.2) is 48.5 Å². The van der Waals surface area contributed by atoms with Crippen molar-refractivity contribution >= 4 is 35.9 Å². The van der Waals surface area contributed by atoms with E-state index in [-0.39, 0.29) is 43.7 Å². The molecule has 0 aliphatic heterocycles. The first-order valence-electron chi connectivity index (χ1n) is 9.35. The third-order valence-electron chi connectivity index (χ3n) is 3.88. The number of carbonyl (C=O) groups excluding carboxylic acids is 4. The lowest BCUT2D eigenvalue weighted by atomic mass is 10.1. The summed E-state index contributed by atoms with van der Waals surface area (Å²) in [5.41, 5.74) is 6.24. The van der Waals surface area contributed by atoms with Crippen molar-refractivity contribution < 1.29 is 33.4 Å². The zero-order valence-electron chi connectivity index (χ0n) is 18.1. The molecule has 2 rings (SSSR count). The van der Waals surface area contributed by atoms with E-state index in [2.05, 4.69) is 10.1 Å². The SMILES string of the molecule is CCOC(=O)C(=O)NCC(=O)c1ccc(OC)cc1.COc1ccc(C(=O)CN)cc1.Cl. The van der Waals surface area contributed by atoms with E-state index in [1.54, 1.807) is 62.6 Å². The third kappa shape index (κ3) is 9.59. The number of rotatable bonds is 8. The molecule has 0 fully saturated rings. The second-order valence-electron chi connectivity index (χ2n) is 5.91. The molecule has 0 bridgehead atoms. The molecule has 10 heteroatoms. The van der Waals surface area contributed by atoms with Gasteiger partial charge in [0.2, 0.25) is 0 Å². The number of nitrogens with one attached hydrogen (secondary N) is 1. The number of Topliss-reactive ketones (excluding diaryl/α,β-unsaturated/α-hetero) is 2. The summed E-state index contributed by atoms with van der Waals surface area (Å²) in [6.45, 7) is 1.49. The van der Waals surface area contributed by atoms with Crippen LogP contribution in [0.3, 0.4) is 0 Å². The molecular formula is C22H27ClN2O7. The number of ether oxygens (including phenoxy) is 3. The van der Waals surface area contributed by atoms with Gasteiger partial charge in [-0.2, -0.15) is 0 Å². The van der Waals surface area contributed by atoms with Crippen LogP contribution in [0.5, 0.6) is 11.5 Å². The van der Waals surface area contributed by atoms with Crippen LogP contribution in [-0.4, -0.2) is 57.4 Å². The number of carbonyl (C=O) groups is 4. The minimum absolute atomic E-state index is 0. The van der Waals surface area contributed by atoms with Crippen molar-refractivity contribution in [3.05, 3.63) is 59.7 Å². The Balaban J connectivity index is 0.000000639. The average molecular weight is 467 g/mol. The van der Waals surface area contributed by atoms with E-state index >= 15 is 0 Å². The summed E-state index contributed by atoms with van der Waals surface area (Å²) in [4.78, 5) is 45.0. The van der Waals surface area contributed by atoms with E-state index in [0.717, 1.165) is 5.75 Å². The Hall–Kier alpha value is -3.43. The normalized spacial score (nSPS) is 9.25. The smallest absolute Gasteiger partial charge is 0.396 e. The quantitative estimate of drug-likeness (QED) is 0.342. The highest BCUT2D eigenvalue weighted by atomic mass is 35.5. The largest absolute Gasteiger partial charge is 0.497 e. The summed E-state index contributed by atoms with van der Waals surface area (Å²) < 4.78 is 14.4. The highest BCUT2D eigenvalue weighted by molar-refractivity contribution is 6.32. The Labute approximate surface area is 192 Å². The van der Waals surface area contributed by atoms with Gasteiger partial charge in [0.1, 0.15) is 11.5 Å². The van der Waals surface area contributed by atoms with E-state index in [1.165, 1.54) is 7.11 Å². The maximum atomic E-state index is 11.7. The van der Waals surface area contributed by atoms with Gasteiger partial charge in [0.25, 0.3) is 0 Å². The Kier molecular flexibility index (Phi) is 13.7. The van der Waals surface area contributed by atoms with Crippen molar-refractivity contribution in [2.24, 2.45) is 5.73 Å². The number of amides is 1. The fraction of sp³-hybridized carbons (Fsp3) is 0.273. The van der Waals surface area contributed by atoms with Crippen molar-refractivity contribution in [3.8, 4) is 11.5 Å². The van der Waals surface area contributed by atoms with Gasteiger partial charge in [-0.25, -0.2) is 4.79 Å². The van der Waals surface area contributed by atoms with Crippen LogP contribution < -0.4 is 20.5 Å².